The van der Waals surface area contributed by atoms with Gasteiger partial charge in [-0.25, -0.2) is 4.39 Å². The normalized spacial score (nSPS) is 20.9. The number of aromatic nitrogens is 1. The number of hydrogen-bond acceptors (Lipinski definition) is 5. The Hall–Kier alpha value is -3.12. The maximum Gasteiger partial charge on any atom is 0.192 e. The Morgan fingerprint density at radius 1 is 1.33 bits per heavy atom. The van der Waals surface area contributed by atoms with Crippen LogP contribution in [-0.2, 0) is 6.42 Å². The Balaban J connectivity index is 1.71. The summed E-state index contributed by atoms with van der Waals surface area (Å²) in [6.45, 7) is 3.38. The highest BCUT2D eigenvalue weighted by Gasteiger charge is 2.46. The van der Waals surface area contributed by atoms with Crippen molar-refractivity contribution in [3.05, 3.63) is 82.6 Å². The molecule has 2 aliphatic rings. The summed E-state index contributed by atoms with van der Waals surface area (Å²) in [7, 11) is 0. The van der Waals surface area contributed by atoms with Gasteiger partial charge in [-0.15, -0.1) is 0 Å². The van der Waals surface area contributed by atoms with Gasteiger partial charge in [-0.3, -0.25) is 9.78 Å². The first-order valence-electron chi connectivity index (χ1n) is 10.2. The molecule has 1 fully saturated rings. The number of benzene rings is 1. The van der Waals surface area contributed by atoms with E-state index in [-0.39, 0.29) is 11.6 Å². The van der Waals surface area contributed by atoms with Crippen LogP contribution in [0.25, 0.3) is 0 Å². The molecular formula is C24H25FN4O. The van der Waals surface area contributed by atoms with E-state index < -0.39 is 5.41 Å². The molecule has 1 unspecified atom stereocenters. The minimum atomic E-state index is -0.738. The van der Waals surface area contributed by atoms with E-state index >= 15 is 0 Å². The average Bonchev–Trinajstić information content (AvgIpc) is 2.79. The van der Waals surface area contributed by atoms with Crippen molar-refractivity contribution in [1.29, 1.82) is 5.41 Å². The van der Waals surface area contributed by atoms with Gasteiger partial charge in [0.05, 0.1) is 5.41 Å². The summed E-state index contributed by atoms with van der Waals surface area (Å²) in [6, 6.07) is 9.93. The third-order valence-corrected chi connectivity index (χ3v) is 5.97. The lowest BCUT2D eigenvalue weighted by molar-refractivity contribution is 0.0812. The van der Waals surface area contributed by atoms with Crippen molar-refractivity contribution in [3.8, 4) is 0 Å². The standard InChI is InChI=1S/C24H25FN4O/c1-2-16-7-10-28-22(11-16)23(30)24-13-17(14-26)21(12-18(24)8-9-27-15-24)29-20-5-3-19(25)4-6-20/h3-7,10-12,14,26-27,29H,2,8-9,13,15H2,1H3. The Kier molecular flexibility index (Phi) is 5.59. The lowest BCUT2D eigenvalue weighted by Gasteiger charge is -2.42. The van der Waals surface area contributed by atoms with Gasteiger partial charge in [0.25, 0.3) is 0 Å². The Bertz CT molecular complexity index is 1040. The highest BCUT2D eigenvalue weighted by atomic mass is 19.1. The molecule has 154 valence electrons. The fourth-order valence-electron chi connectivity index (χ4n) is 4.26. The lowest BCUT2D eigenvalue weighted by atomic mass is 9.65. The molecule has 1 aromatic carbocycles. The minimum absolute atomic E-state index is 0.00330. The number of pyridine rings is 1. The predicted molar refractivity (Wildman–Crippen MR) is 116 cm³/mol. The molecule has 0 radical (unpaired) electrons. The van der Waals surface area contributed by atoms with E-state index in [0.29, 0.717) is 18.7 Å². The maximum atomic E-state index is 13.7. The van der Waals surface area contributed by atoms with E-state index in [1.165, 1.54) is 18.3 Å². The van der Waals surface area contributed by atoms with Crippen LogP contribution in [0.3, 0.4) is 0 Å². The molecule has 2 aromatic rings. The lowest BCUT2D eigenvalue weighted by Crippen LogP contribution is -2.49. The largest absolute Gasteiger partial charge is 0.355 e. The number of fused-ring (bicyclic) bond motifs is 1. The van der Waals surface area contributed by atoms with Gasteiger partial charge in [-0.05, 0) is 79.4 Å². The molecule has 1 atom stereocenters. The van der Waals surface area contributed by atoms with Gasteiger partial charge in [-0.2, -0.15) is 0 Å². The zero-order valence-electron chi connectivity index (χ0n) is 17.0. The van der Waals surface area contributed by atoms with E-state index in [4.69, 9.17) is 5.41 Å². The quantitative estimate of drug-likeness (QED) is 0.496. The molecule has 0 amide bonds. The topological polar surface area (TPSA) is 77.9 Å². The molecular weight excluding hydrogens is 379 g/mol. The number of nitrogens with zero attached hydrogens (tertiary/aromatic N) is 1. The zero-order chi connectivity index (χ0) is 21.1. The van der Waals surface area contributed by atoms with Crippen molar-refractivity contribution >= 4 is 17.7 Å². The van der Waals surface area contributed by atoms with Crippen LogP contribution in [0.15, 0.2) is 65.5 Å². The molecule has 0 bridgehead atoms. The first kappa shape index (κ1) is 20.2. The van der Waals surface area contributed by atoms with Crippen molar-refractivity contribution < 1.29 is 9.18 Å². The SMILES string of the molecule is CCc1ccnc(C(=O)C23CNCCC2=CC(Nc2ccc(F)cc2)=C(C=N)C3)c1. The fourth-order valence-corrected chi connectivity index (χ4v) is 4.26. The molecule has 0 saturated carbocycles. The summed E-state index contributed by atoms with van der Waals surface area (Å²) >= 11 is 0. The molecule has 0 spiro atoms. The molecule has 6 heteroatoms. The number of anilines is 1. The van der Waals surface area contributed by atoms with Crippen LogP contribution in [0.1, 0.15) is 35.8 Å². The van der Waals surface area contributed by atoms with Crippen LogP contribution in [0.2, 0.25) is 0 Å². The van der Waals surface area contributed by atoms with Gasteiger partial charge >= 0.3 is 0 Å². The van der Waals surface area contributed by atoms with E-state index in [1.807, 2.05) is 18.2 Å². The number of halogens is 1. The zero-order valence-corrected chi connectivity index (χ0v) is 17.0. The molecule has 1 aromatic heterocycles. The first-order chi connectivity index (χ1) is 14.6. The van der Waals surface area contributed by atoms with Gasteiger partial charge < -0.3 is 16.0 Å². The molecule has 2 heterocycles. The van der Waals surface area contributed by atoms with Gasteiger partial charge in [-0.1, -0.05) is 12.5 Å². The monoisotopic (exact) mass is 404 g/mol. The second kappa shape index (κ2) is 8.32. The number of Topliss-reactive ketones (excluding diaryl/α,β-unsaturated/α-hetero) is 1. The number of carbonyl (C=O) groups excluding carboxylic acids is 1. The summed E-state index contributed by atoms with van der Waals surface area (Å²) in [5.74, 6) is -0.301. The van der Waals surface area contributed by atoms with E-state index in [9.17, 15) is 9.18 Å². The molecule has 5 nitrogen and oxygen atoms in total. The van der Waals surface area contributed by atoms with Gasteiger partial charge in [0.1, 0.15) is 11.5 Å². The maximum absolute atomic E-state index is 13.7. The number of hydrogen-bond donors (Lipinski definition) is 3. The number of ketones is 1. The number of carbonyl (C=O) groups is 1. The molecule has 1 aliphatic heterocycles. The highest BCUT2D eigenvalue weighted by Crippen LogP contribution is 2.45. The molecule has 3 N–H and O–H groups in total. The predicted octanol–water partition coefficient (Wildman–Crippen LogP) is 4.29. The first-order valence-corrected chi connectivity index (χ1v) is 10.2. The number of allylic oxidation sites excluding steroid dienone is 2. The van der Waals surface area contributed by atoms with Crippen molar-refractivity contribution in [2.24, 2.45) is 5.41 Å². The Labute approximate surface area is 175 Å². The summed E-state index contributed by atoms with van der Waals surface area (Å²) in [5.41, 5.74) is 4.13. The molecule has 1 aliphatic carbocycles. The van der Waals surface area contributed by atoms with Crippen LogP contribution in [-0.4, -0.2) is 30.1 Å². The van der Waals surface area contributed by atoms with E-state index in [1.54, 1.807) is 18.3 Å². The van der Waals surface area contributed by atoms with Crippen molar-refractivity contribution in [2.75, 3.05) is 18.4 Å². The Morgan fingerprint density at radius 3 is 2.87 bits per heavy atom. The van der Waals surface area contributed by atoms with Crippen LogP contribution in [0, 0.1) is 16.6 Å². The number of piperidine rings is 1. The van der Waals surface area contributed by atoms with Crippen molar-refractivity contribution in [2.45, 2.75) is 26.2 Å². The smallest absolute Gasteiger partial charge is 0.192 e. The average molecular weight is 404 g/mol. The van der Waals surface area contributed by atoms with Crippen molar-refractivity contribution in [3.63, 3.8) is 0 Å². The Morgan fingerprint density at radius 2 is 2.13 bits per heavy atom. The second-order valence-electron chi connectivity index (χ2n) is 7.80. The minimum Gasteiger partial charge on any atom is -0.355 e. The second-order valence-corrected chi connectivity index (χ2v) is 7.80. The van der Waals surface area contributed by atoms with Crippen LogP contribution < -0.4 is 10.6 Å². The third kappa shape index (κ3) is 3.71. The van der Waals surface area contributed by atoms with Crippen molar-refractivity contribution in [1.82, 2.24) is 10.3 Å². The molecule has 4 rings (SSSR count). The number of nitrogens with one attached hydrogen (secondary N) is 3. The molecule has 1 saturated heterocycles. The number of rotatable bonds is 6. The summed E-state index contributed by atoms with van der Waals surface area (Å²) < 4.78 is 13.2. The number of aryl methyl sites for hydroxylation is 1. The van der Waals surface area contributed by atoms with Crippen LogP contribution >= 0.6 is 0 Å². The van der Waals surface area contributed by atoms with Gasteiger partial charge in [0, 0.05) is 30.3 Å². The highest BCUT2D eigenvalue weighted by molar-refractivity contribution is 6.03. The summed E-state index contributed by atoms with van der Waals surface area (Å²) in [6.07, 6.45) is 7.01. The van der Waals surface area contributed by atoms with Crippen LogP contribution in [0.5, 0.6) is 0 Å². The third-order valence-electron chi connectivity index (χ3n) is 5.97. The van der Waals surface area contributed by atoms with Gasteiger partial charge in [0.2, 0.25) is 0 Å². The molecule has 30 heavy (non-hydrogen) atoms. The summed E-state index contributed by atoms with van der Waals surface area (Å²) in [4.78, 5) is 18.1. The fraction of sp³-hybridized carbons (Fsp3) is 0.292. The summed E-state index contributed by atoms with van der Waals surface area (Å²) in [5, 5.41) is 14.6. The van der Waals surface area contributed by atoms with E-state index in [2.05, 4.69) is 22.5 Å². The van der Waals surface area contributed by atoms with E-state index in [0.717, 1.165) is 47.5 Å². The van der Waals surface area contributed by atoms with Gasteiger partial charge in [0.15, 0.2) is 5.78 Å². The van der Waals surface area contributed by atoms with Crippen LogP contribution in [0.4, 0.5) is 10.1 Å².